The number of aliphatic imine (C=N–C) groups is 2. The molecule has 1 saturated heterocycles. The van der Waals surface area contributed by atoms with Gasteiger partial charge < -0.3 is 9.64 Å². The van der Waals surface area contributed by atoms with Gasteiger partial charge in [0, 0.05) is 26.0 Å². The minimum atomic E-state index is -4.77. The second-order valence-electron chi connectivity index (χ2n) is 12.8. The van der Waals surface area contributed by atoms with Gasteiger partial charge in [0.2, 0.25) is 11.8 Å². The number of aryl methyl sites for hydroxylation is 2. The number of ether oxygens (including phenoxy) is 1. The van der Waals surface area contributed by atoms with Crippen LogP contribution in [0, 0.1) is 20.8 Å². The molecule has 1 unspecified atom stereocenters. The molecule has 0 spiro atoms. The molecule has 1 atom stereocenters. The maximum atomic E-state index is 13.7. The van der Waals surface area contributed by atoms with Gasteiger partial charge in [-0.25, -0.2) is 14.7 Å². The van der Waals surface area contributed by atoms with E-state index in [0.717, 1.165) is 33.5 Å². The Morgan fingerprint density at radius 1 is 1.08 bits per heavy atom. The number of aromatic nitrogens is 3. The number of amides is 2. The third-order valence-electron chi connectivity index (χ3n) is 8.41. The van der Waals surface area contributed by atoms with E-state index in [1.807, 2.05) is 71.9 Å². The molecule has 4 aromatic rings. The Hall–Kier alpha value is -4.63. The first-order valence-electron chi connectivity index (χ1n) is 16.5. The lowest BCUT2D eigenvalue weighted by Crippen LogP contribution is -2.37. The molecule has 2 amide bonds. The molecule has 0 bridgehead atoms. The molecule has 1 fully saturated rings. The lowest BCUT2D eigenvalue weighted by Gasteiger charge is -2.25. The van der Waals surface area contributed by atoms with Gasteiger partial charge >= 0.3 is 6.36 Å². The van der Waals surface area contributed by atoms with Crippen LogP contribution in [-0.4, -0.2) is 71.9 Å². The average Bonchev–Trinajstić information content (AvgIpc) is 3.64. The SMILES string of the molecule is CCSC(=N\C(Cc1ccc(-c2ncn(-c3ccc(OC(F)(F)F)cc3)n2)cc1)N(C)C(C)=O)/N=C1\SC(C)(C)C(=O)N1c1cc(C)cc(C)c1C. The fourth-order valence-corrected chi connectivity index (χ4v) is 7.15. The summed E-state index contributed by atoms with van der Waals surface area (Å²) in [6.07, 6.45) is -3.50. The molecule has 0 saturated carbocycles. The maximum absolute atomic E-state index is 13.7. The fraction of sp³-hybridized carbons (Fsp3) is 0.351. The Bertz CT molecular complexity index is 2010. The molecule has 274 valence electrons. The molecule has 52 heavy (non-hydrogen) atoms. The summed E-state index contributed by atoms with van der Waals surface area (Å²) in [5.41, 5.74) is 6.06. The van der Waals surface area contributed by atoms with Crippen LogP contribution in [0.1, 0.15) is 49.9 Å². The first-order chi connectivity index (χ1) is 24.5. The number of anilines is 1. The van der Waals surface area contributed by atoms with E-state index >= 15 is 0 Å². The van der Waals surface area contributed by atoms with Crippen LogP contribution in [0.2, 0.25) is 0 Å². The van der Waals surface area contributed by atoms with E-state index in [0.29, 0.717) is 34.0 Å². The third-order valence-corrected chi connectivity index (χ3v) is 10.3. The van der Waals surface area contributed by atoms with Crippen molar-refractivity contribution in [3.8, 4) is 22.8 Å². The van der Waals surface area contributed by atoms with Crippen LogP contribution < -0.4 is 9.64 Å². The second kappa shape index (κ2) is 15.5. The molecular weight excluding hydrogens is 712 g/mol. The molecule has 0 radical (unpaired) electrons. The van der Waals surface area contributed by atoms with Crippen molar-refractivity contribution in [3.05, 3.63) is 89.2 Å². The van der Waals surface area contributed by atoms with Crippen LogP contribution >= 0.6 is 23.5 Å². The van der Waals surface area contributed by atoms with Gasteiger partial charge in [0.15, 0.2) is 16.2 Å². The Labute approximate surface area is 309 Å². The van der Waals surface area contributed by atoms with Crippen molar-refractivity contribution >= 4 is 51.4 Å². The van der Waals surface area contributed by atoms with Crippen molar-refractivity contribution in [2.45, 2.75) is 72.2 Å². The van der Waals surface area contributed by atoms with E-state index in [9.17, 15) is 22.8 Å². The van der Waals surface area contributed by atoms with Crippen LogP contribution in [0.15, 0.2) is 77.0 Å². The number of carbonyl (C=O) groups is 2. The first kappa shape index (κ1) is 38.6. The molecule has 0 aliphatic carbocycles. The number of hydrogen-bond acceptors (Lipinski definition) is 8. The lowest BCUT2D eigenvalue weighted by atomic mass is 10.0. The van der Waals surface area contributed by atoms with Crippen molar-refractivity contribution in [2.24, 2.45) is 9.98 Å². The van der Waals surface area contributed by atoms with Gasteiger partial charge in [-0.05, 0) is 93.0 Å². The van der Waals surface area contributed by atoms with Crippen LogP contribution in [0.5, 0.6) is 5.75 Å². The highest BCUT2D eigenvalue weighted by molar-refractivity contribution is 8.17. The number of carbonyl (C=O) groups excluding carboxylic acids is 2. The molecule has 0 N–H and O–H groups in total. The molecular formula is C37H40F3N7O3S2. The number of halogens is 3. The molecule has 2 heterocycles. The van der Waals surface area contributed by atoms with Crippen molar-refractivity contribution in [1.82, 2.24) is 19.7 Å². The fourth-order valence-electron chi connectivity index (χ4n) is 5.45. The Kier molecular flexibility index (Phi) is 11.5. The van der Waals surface area contributed by atoms with Crippen LogP contribution in [0.4, 0.5) is 18.9 Å². The van der Waals surface area contributed by atoms with Crippen LogP contribution in [0.25, 0.3) is 17.1 Å². The van der Waals surface area contributed by atoms with Crippen molar-refractivity contribution in [2.75, 3.05) is 17.7 Å². The molecule has 1 aliphatic heterocycles. The number of benzene rings is 3. The van der Waals surface area contributed by atoms with Gasteiger partial charge in [0.25, 0.3) is 0 Å². The van der Waals surface area contributed by atoms with Gasteiger partial charge in [-0.3, -0.25) is 14.5 Å². The lowest BCUT2D eigenvalue weighted by molar-refractivity contribution is -0.274. The molecule has 10 nitrogen and oxygen atoms in total. The van der Waals surface area contributed by atoms with Gasteiger partial charge in [-0.2, -0.15) is 4.99 Å². The highest BCUT2D eigenvalue weighted by atomic mass is 32.2. The summed E-state index contributed by atoms with van der Waals surface area (Å²) in [6, 6.07) is 17.0. The third kappa shape index (κ3) is 9.05. The predicted octanol–water partition coefficient (Wildman–Crippen LogP) is 8.13. The number of thioether (sulfide) groups is 2. The Balaban J connectivity index is 1.41. The van der Waals surface area contributed by atoms with E-state index in [1.165, 1.54) is 65.7 Å². The van der Waals surface area contributed by atoms with E-state index in [2.05, 4.69) is 20.9 Å². The van der Waals surface area contributed by atoms with E-state index in [-0.39, 0.29) is 17.6 Å². The Morgan fingerprint density at radius 2 is 1.75 bits per heavy atom. The molecule has 5 rings (SSSR count). The molecule has 15 heteroatoms. The zero-order valence-electron chi connectivity index (χ0n) is 30.1. The number of rotatable bonds is 9. The van der Waals surface area contributed by atoms with E-state index < -0.39 is 17.3 Å². The summed E-state index contributed by atoms with van der Waals surface area (Å²) in [5.74, 6) is 0.548. The highest BCUT2D eigenvalue weighted by Crippen LogP contribution is 2.42. The van der Waals surface area contributed by atoms with Gasteiger partial charge in [0.05, 0.1) is 16.1 Å². The molecule has 1 aromatic heterocycles. The highest BCUT2D eigenvalue weighted by Gasteiger charge is 2.46. The summed E-state index contributed by atoms with van der Waals surface area (Å²) < 4.78 is 42.3. The maximum Gasteiger partial charge on any atom is 0.573 e. The summed E-state index contributed by atoms with van der Waals surface area (Å²) in [7, 11) is 1.70. The van der Waals surface area contributed by atoms with Crippen molar-refractivity contribution in [1.29, 1.82) is 0 Å². The number of amidine groups is 2. The summed E-state index contributed by atoms with van der Waals surface area (Å²) in [5, 5.41) is 5.48. The smallest absolute Gasteiger partial charge is 0.406 e. The predicted molar refractivity (Wildman–Crippen MR) is 202 cm³/mol. The standard InChI is InChI=1S/C37H40F3N7O3S2/c1-9-51-34(43-35-47(33(49)36(6,7)52-35)30-19-22(2)18-23(3)24(30)4)42-31(45(8)25(5)48)20-26-10-12-27(13-11-26)32-41-21-46(44-32)28-14-16-29(17-15-28)50-37(38,39)40/h10-19,21,31H,9,20H2,1-8H3/b42-34-,43-35-. The van der Waals surface area contributed by atoms with Gasteiger partial charge in [-0.1, -0.05) is 60.8 Å². The first-order valence-corrected chi connectivity index (χ1v) is 18.3. The monoisotopic (exact) mass is 751 g/mol. The molecule has 1 aliphatic rings. The van der Waals surface area contributed by atoms with Gasteiger partial charge in [0.1, 0.15) is 18.2 Å². The van der Waals surface area contributed by atoms with Crippen molar-refractivity contribution < 1.29 is 27.5 Å². The Morgan fingerprint density at radius 3 is 2.37 bits per heavy atom. The average molecular weight is 752 g/mol. The van der Waals surface area contributed by atoms with Crippen LogP contribution in [0.3, 0.4) is 0 Å². The van der Waals surface area contributed by atoms with Crippen molar-refractivity contribution in [3.63, 3.8) is 0 Å². The topological polar surface area (TPSA) is 105 Å². The minimum absolute atomic E-state index is 0.0598. The summed E-state index contributed by atoms with van der Waals surface area (Å²) in [6.45, 7) is 13.3. The number of nitrogens with zero attached hydrogens (tertiary/aromatic N) is 7. The number of likely N-dealkylation sites (N-methyl/N-ethyl adjacent to an activating group) is 1. The summed E-state index contributed by atoms with van der Waals surface area (Å²) in [4.78, 5) is 44.0. The van der Waals surface area contributed by atoms with E-state index in [4.69, 9.17) is 9.98 Å². The van der Waals surface area contributed by atoms with E-state index in [1.54, 1.807) is 16.8 Å². The number of hydrogen-bond donors (Lipinski definition) is 0. The minimum Gasteiger partial charge on any atom is -0.406 e. The zero-order valence-corrected chi connectivity index (χ0v) is 31.8. The normalized spacial score (nSPS) is 16.1. The van der Waals surface area contributed by atoms with Crippen LogP contribution in [-0.2, 0) is 16.0 Å². The number of alkyl halides is 3. The second-order valence-corrected chi connectivity index (χ2v) is 15.6. The summed E-state index contributed by atoms with van der Waals surface area (Å²) >= 11 is 2.83. The molecule has 3 aromatic carbocycles. The zero-order chi connectivity index (χ0) is 38.0. The van der Waals surface area contributed by atoms with Gasteiger partial charge in [-0.15, -0.1) is 18.3 Å². The quantitative estimate of drug-likeness (QED) is 0.126. The largest absolute Gasteiger partial charge is 0.573 e.